The molecule has 1 saturated carbocycles. The first kappa shape index (κ1) is 11.4. The molecule has 0 aliphatic heterocycles. The van der Waals surface area contributed by atoms with Crippen molar-refractivity contribution in [1.82, 2.24) is 5.43 Å². The lowest BCUT2D eigenvalue weighted by atomic mass is 10.0. The first-order valence-corrected chi connectivity index (χ1v) is 5.53. The molecule has 0 heterocycles. The molecule has 0 radical (unpaired) electrons. The first-order chi connectivity index (χ1) is 7.76. The molecule has 0 bridgehead atoms. The van der Waals surface area contributed by atoms with E-state index in [1.54, 1.807) is 18.2 Å². The van der Waals surface area contributed by atoms with E-state index in [1.165, 1.54) is 20.0 Å². The summed E-state index contributed by atoms with van der Waals surface area (Å²) in [5.74, 6) is 6.09. The Bertz CT molecular complexity index is 366. The quantitative estimate of drug-likeness (QED) is 0.590. The molecule has 1 aromatic carbocycles. The molecule has 1 fully saturated rings. The molecular weight excluding hydrogens is 207 g/mol. The topological polar surface area (TPSA) is 47.3 Å². The van der Waals surface area contributed by atoms with Gasteiger partial charge < -0.3 is 4.74 Å². The van der Waals surface area contributed by atoms with Crippen LogP contribution in [0.15, 0.2) is 18.2 Å². The number of nitrogens with one attached hydrogen (secondary N) is 1. The Labute approximate surface area is 94.8 Å². The van der Waals surface area contributed by atoms with E-state index in [9.17, 15) is 4.39 Å². The summed E-state index contributed by atoms with van der Waals surface area (Å²) in [6, 6.07) is 5.38. The lowest BCUT2D eigenvalue weighted by molar-refractivity contribution is 0.381. The molecule has 1 aliphatic carbocycles. The van der Waals surface area contributed by atoms with Crippen molar-refractivity contribution < 1.29 is 9.13 Å². The van der Waals surface area contributed by atoms with Crippen molar-refractivity contribution in [3.05, 3.63) is 29.6 Å². The summed E-state index contributed by atoms with van der Waals surface area (Å²) in [5, 5.41) is 0. The third-order valence-corrected chi connectivity index (χ3v) is 3.11. The molecule has 16 heavy (non-hydrogen) atoms. The van der Waals surface area contributed by atoms with Crippen LogP contribution in [0.2, 0.25) is 0 Å². The highest BCUT2D eigenvalue weighted by atomic mass is 19.1. The number of rotatable bonds is 5. The molecule has 1 aromatic rings. The van der Waals surface area contributed by atoms with E-state index in [2.05, 4.69) is 5.43 Å². The van der Waals surface area contributed by atoms with Gasteiger partial charge in [0.25, 0.3) is 0 Å². The zero-order valence-corrected chi connectivity index (χ0v) is 9.37. The van der Waals surface area contributed by atoms with Gasteiger partial charge >= 0.3 is 0 Å². The van der Waals surface area contributed by atoms with Crippen molar-refractivity contribution >= 4 is 0 Å². The molecule has 3 N–H and O–H groups in total. The van der Waals surface area contributed by atoms with Crippen molar-refractivity contribution in [3.63, 3.8) is 0 Å². The fourth-order valence-corrected chi connectivity index (χ4v) is 1.97. The van der Waals surface area contributed by atoms with Crippen LogP contribution in [0.25, 0.3) is 0 Å². The maximum absolute atomic E-state index is 13.9. The van der Waals surface area contributed by atoms with Crippen LogP contribution < -0.4 is 16.0 Å². The SMILES string of the molecule is COc1cccc(CC(NN)C2CC2)c1F. The van der Waals surface area contributed by atoms with Gasteiger partial charge in [0.2, 0.25) is 0 Å². The Morgan fingerprint density at radius 2 is 2.31 bits per heavy atom. The second-order valence-electron chi connectivity index (χ2n) is 4.25. The monoisotopic (exact) mass is 224 g/mol. The largest absolute Gasteiger partial charge is 0.494 e. The minimum absolute atomic E-state index is 0.168. The third kappa shape index (κ3) is 2.33. The first-order valence-electron chi connectivity index (χ1n) is 5.53. The number of hydrogen-bond acceptors (Lipinski definition) is 3. The van der Waals surface area contributed by atoms with E-state index in [-0.39, 0.29) is 11.9 Å². The Kier molecular flexibility index (Phi) is 3.41. The van der Waals surface area contributed by atoms with Crippen LogP contribution in [0.1, 0.15) is 18.4 Å². The normalized spacial score (nSPS) is 17.2. The number of benzene rings is 1. The predicted molar refractivity (Wildman–Crippen MR) is 60.5 cm³/mol. The van der Waals surface area contributed by atoms with Gasteiger partial charge in [0.05, 0.1) is 7.11 Å². The minimum Gasteiger partial charge on any atom is -0.494 e. The van der Waals surface area contributed by atoms with Gasteiger partial charge in [-0.05, 0) is 36.8 Å². The third-order valence-electron chi connectivity index (χ3n) is 3.11. The van der Waals surface area contributed by atoms with Crippen LogP contribution >= 0.6 is 0 Å². The van der Waals surface area contributed by atoms with Crippen LogP contribution in [0, 0.1) is 11.7 Å². The van der Waals surface area contributed by atoms with Gasteiger partial charge in [-0.15, -0.1) is 0 Å². The van der Waals surface area contributed by atoms with Crippen molar-refractivity contribution in [1.29, 1.82) is 0 Å². The van der Waals surface area contributed by atoms with Gasteiger partial charge in [-0.25, -0.2) is 4.39 Å². The second-order valence-corrected chi connectivity index (χ2v) is 4.25. The average Bonchev–Trinajstić information content (AvgIpc) is 3.12. The lowest BCUT2D eigenvalue weighted by Gasteiger charge is -2.16. The fourth-order valence-electron chi connectivity index (χ4n) is 1.97. The summed E-state index contributed by atoms with van der Waals surface area (Å²) in [6.07, 6.45) is 2.98. The number of ether oxygens (including phenoxy) is 1. The molecule has 0 saturated heterocycles. The second kappa shape index (κ2) is 4.80. The van der Waals surface area contributed by atoms with Crippen LogP contribution in [-0.4, -0.2) is 13.2 Å². The molecule has 4 heteroatoms. The number of hydrazine groups is 1. The van der Waals surface area contributed by atoms with E-state index in [1.807, 2.05) is 0 Å². The summed E-state index contributed by atoms with van der Waals surface area (Å²) in [5.41, 5.74) is 3.43. The predicted octanol–water partition coefficient (Wildman–Crippen LogP) is 1.62. The van der Waals surface area contributed by atoms with E-state index < -0.39 is 0 Å². The zero-order valence-electron chi connectivity index (χ0n) is 9.37. The maximum Gasteiger partial charge on any atom is 0.168 e. The zero-order chi connectivity index (χ0) is 11.5. The van der Waals surface area contributed by atoms with Gasteiger partial charge in [0, 0.05) is 6.04 Å². The van der Waals surface area contributed by atoms with Crippen molar-refractivity contribution in [3.8, 4) is 5.75 Å². The van der Waals surface area contributed by atoms with E-state index in [0.717, 1.165) is 0 Å². The van der Waals surface area contributed by atoms with Crippen LogP contribution in [0.4, 0.5) is 4.39 Å². The van der Waals surface area contributed by atoms with Crippen LogP contribution in [-0.2, 0) is 6.42 Å². The van der Waals surface area contributed by atoms with Crippen LogP contribution in [0.3, 0.4) is 0 Å². The highest BCUT2D eigenvalue weighted by molar-refractivity contribution is 5.31. The summed E-state index contributed by atoms with van der Waals surface area (Å²) >= 11 is 0. The van der Waals surface area contributed by atoms with Gasteiger partial charge in [-0.1, -0.05) is 12.1 Å². The highest BCUT2D eigenvalue weighted by Gasteiger charge is 2.31. The van der Waals surface area contributed by atoms with Crippen molar-refractivity contribution in [2.24, 2.45) is 11.8 Å². The van der Waals surface area contributed by atoms with E-state index >= 15 is 0 Å². The number of methoxy groups -OCH3 is 1. The Morgan fingerprint density at radius 3 is 2.88 bits per heavy atom. The van der Waals surface area contributed by atoms with Crippen molar-refractivity contribution in [2.75, 3.05) is 7.11 Å². The number of halogens is 1. The smallest absolute Gasteiger partial charge is 0.168 e. The van der Waals surface area contributed by atoms with Gasteiger partial charge in [-0.3, -0.25) is 11.3 Å². The minimum atomic E-state index is -0.272. The molecule has 1 unspecified atom stereocenters. The Morgan fingerprint density at radius 1 is 1.56 bits per heavy atom. The molecule has 1 aliphatic rings. The highest BCUT2D eigenvalue weighted by Crippen LogP contribution is 2.34. The Balaban J connectivity index is 2.13. The van der Waals surface area contributed by atoms with Crippen LogP contribution in [0.5, 0.6) is 5.75 Å². The summed E-state index contributed by atoms with van der Waals surface area (Å²) in [7, 11) is 1.47. The number of nitrogens with two attached hydrogens (primary N) is 1. The molecule has 0 aromatic heterocycles. The molecule has 2 rings (SSSR count). The molecule has 0 amide bonds. The standard InChI is InChI=1S/C12H17FN2O/c1-16-11-4-2-3-9(12(11)13)7-10(15-14)8-5-6-8/h2-4,8,10,15H,5-7,14H2,1H3. The molecule has 3 nitrogen and oxygen atoms in total. The molecule has 88 valence electrons. The molecule has 1 atom stereocenters. The van der Waals surface area contributed by atoms with Gasteiger partial charge in [0.1, 0.15) is 0 Å². The summed E-state index contributed by atoms with van der Waals surface area (Å²) in [4.78, 5) is 0. The summed E-state index contributed by atoms with van der Waals surface area (Å²) in [6.45, 7) is 0. The van der Waals surface area contributed by atoms with Gasteiger partial charge in [-0.2, -0.15) is 0 Å². The average molecular weight is 224 g/mol. The van der Waals surface area contributed by atoms with E-state index in [4.69, 9.17) is 10.6 Å². The van der Waals surface area contributed by atoms with Crippen molar-refractivity contribution in [2.45, 2.75) is 25.3 Å². The Hall–Kier alpha value is -1.13. The van der Waals surface area contributed by atoms with E-state index in [0.29, 0.717) is 23.7 Å². The molecular formula is C12H17FN2O. The fraction of sp³-hybridized carbons (Fsp3) is 0.500. The number of hydrogen-bond donors (Lipinski definition) is 2. The maximum atomic E-state index is 13.9. The summed E-state index contributed by atoms with van der Waals surface area (Å²) < 4.78 is 18.8. The lowest BCUT2D eigenvalue weighted by Crippen LogP contribution is -2.38. The van der Waals surface area contributed by atoms with Gasteiger partial charge in [0.15, 0.2) is 11.6 Å². The molecule has 0 spiro atoms.